The van der Waals surface area contributed by atoms with E-state index in [1.54, 1.807) is 42.7 Å². The third kappa shape index (κ3) is 3.61. The predicted molar refractivity (Wildman–Crippen MR) is 119 cm³/mol. The van der Waals surface area contributed by atoms with Crippen LogP contribution in [0, 0.1) is 11.3 Å². The van der Waals surface area contributed by atoms with Crippen molar-refractivity contribution in [3.63, 3.8) is 0 Å². The standard InChI is InChI=1S/C25H16N4O3/c26-14-19-13-18(24-23(25(30)29-32-24)17-9-11-27-12-10-17)6-8-22(19)31-15-20-7-5-16-3-1-2-4-21(16)28-20/h1-13H,15H2,(H,29,30). The van der Waals surface area contributed by atoms with Crippen molar-refractivity contribution in [2.24, 2.45) is 0 Å². The second-order valence-corrected chi connectivity index (χ2v) is 7.08. The Kier molecular flexibility index (Phi) is 4.94. The minimum atomic E-state index is -0.354. The zero-order valence-electron chi connectivity index (χ0n) is 16.8. The van der Waals surface area contributed by atoms with Crippen molar-refractivity contribution < 1.29 is 9.26 Å². The molecule has 5 aromatic rings. The van der Waals surface area contributed by atoms with Gasteiger partial charge in [0, 0.05) is 23.3 Å². The van der Waals surface area contributed by atoms with Gasteiger partial charge in [0.15, 0.2) is 5.76 Å². The molecule has 0 spiro atoms. The number of fused-ring (bicyclic) bond motifs is 1. The number of nitrogens with one attached hydrogen (secondary N) is 1. The molecular formula is C25H16N4O3. The van der Waals surface area contributed by atoms with Crippen LogP contribution in [0.15, 0.2) is 88.4 Å². The van der Waals surface area contributed by atoms with Crippen LogP contribution in [0.5, 0.6) is 5.75 Å². The molecule has 0 saturated heterocycles. The lowest BCUT2D eigenvalue weighted by Gasteiger charge is -2.09. The van der Waals surface area contributed by atoms with Gasteiger partial charge in [-0.15, -0.1) is 0 Å². The lowest BCUT2D eigenvalue weighted by Crippen LogP contribution is -2.02. The number of aromatic nitrogens is 3. The Morgan fingerprint density at radius 1 is 1.00 bits per heavy atom. The third-order valence-corrected chi connectivity index (χ3v) is 5.06. The number of nitriles is 1. The topological polar surface area (TPSA) is 105 Å². The summed E-state index contributed by atoms with van der Waals surface area (Å²) in [5.41, 5.74) is 3.25. The van der Waals surface area contributed by atoms with Gasteiger partial charge in [-0.3, -0.25) is 9.78 Å². The molecule has 3 aromatic heterocycles. The number of hydrogen-bond donors (Lipinski definition) is 1. The smallest absolute Gasteiger partial charge is 0.288 e. The number of benzene rings is 2. The first-order valence-electron chi connectivity index (χ1n) is 9.87. The molecule has 0 amide bonds. The van der Waals surface area contributed by atoms with Crippen LogP contribution in [-0.4, -0.2) is 15.1 Å². The van der Waals surface area contributed by atoms with E-state index < -0.39 is 0 Å². The van der Waals surface area contributed by atoms with Crippen LogP contribution < -0.4 is 10.3 Å². The van der Waals surface area contributed by atoms with Crippen molar-refractivity contribution in [3.8, 4) is 34.3 Å². The van der Waals surface area contributed by atoms with Crippen LogP contribution >= 0.6 is 0 Å². The van der Waals surface area contributed by atoms with Gasteiger partial charge in [0.1, 0.15) is 18.4 Å². The summed E-state index contributed by atoms with van der Waals surface area (Å²) in [6.45, 7) is 0.223. The minimum absolute atomic E-state index is 0.223. The molecular weight excluding hydrogens is 404 g/mol. The van der Waals surface area contributed by atoms with Gasteiger partial charge in [-0.1, -0.05) is 24.3 Å². The molecule has 0 unspecified atom stereocenters. The van der Waals surface area contributed by atoms with E-state index in [-0.39, 0.29) is 12.2 Å². The Balaban J connectivity index is 1.44. The highest BCUT2D eigenvalue weighted by Gasteiger charge is 2.18. The summed E-state index contributed by atoms with van der Waals surface area (Å²) in [4.78, 5) is 20.9. The maximum atomic E-state index is 12.3. The van der Waals surface area contributed by atoms with Crippen LogP contribution in [-0.2, 0) is 6.61 Å². The van der Waals surface area contributed by atoms with Crippen molar-refractivity contribution in [2.75, 3.05) is 0 Å². The molecule has 0 saturated carbocycles. The molecule has 1 N–H and O–H groups in total. The summed E-state index contributed by atoms with van der Waals surface area (Å²) in [5, 5.41) is 13.1. The van der Waals surface area contributed by atoms with Gasteiger partial charge in [0.05, 0.1) is 22.3 Å². The molecule has 0 aliphatic rings. The normalized spacial score (nSPS) is 10.7. The van der Waals surface area contributed by atoms with Crippen LogP contribution in [0.3, 0.4) is 0 Å². The van der Waals surface area contributed by atoms with Crippen LogP contribution in [0.2, 0.25) is 0 Å². The fraction of sp³-hybridized carbons (Fsp3) is 0.0400. The lowest BCUT2D eigenvalue weighted by molar-refractivity contribution is 0.301. The van der Waals surface area contributed by atoms with E-state index in [0.717, 1.165) is 16.6 Å². The number of para-hydroxylation sites is 1. The zero-order valence-corrected chi connectivity index (χ0v) is 16.8. The fourth-order valence-corrected chi connectivity index (χ4v) is 3.51. The molecule has 32 heavy (non-hydrogen) atoms. The number of hydrogen-bond acceptors (Lipinski definition) is 6. The van der Waals surface area contributed by atoms with E-state index in [2.05, 4.69) is 21.2 Å². The number of aromatic amines is 1. The first kappa shape index (κ1) is 19.3. The summed E-state index contributed by atoms with van der Waals surface area (Å²) >= 11 is 0. The number of ether oxygens (including phenoxy) is 1. The molecule has 5 rings (SSSR count). The number of nitrogens with zero attached hydrogens (tertiary/aromatic N) is 3. The summed E-state index contributed by atoms with van der Waals surface area (Å²) in [7, 11) is 0. The average molecular weight is 420 g/mol. The van der Waals surface area contributed by atoms with Crippen molar-refractivity contribution in [3.05, 3.63) is 101 Å². The monoisotopic (exact) mass is 420 g/mol. The van der Waals surface area contributed by atoms with E-state index in [9.17, 15) is 10.1 Å². The molecule has 7 heteroatoms. The Hall–Kier alpha value is -4.70. The van der Waals surface area contributed by atoms with Crippen LogP contribution in [0.4, 0.5) is 0 Å². The quantitative estimate of drug-likeness (QED) is 0.442. The molecule has 0 aliphatic carbocycles. The second kappa shape index (κ2) is 8.20. The van der Waals surface area contributed by atoms with Gasteiger partial charge in [-0.2, -0.15) is 10.4 Å². The van der Waals surface area contributed by atoms with E-state index >= 15 is 0 Å². The Morgan fingerprint density at radius 2 is 1.84 bits per heavy atom. The summed E-state index contributed by atoms with van der Waals surface area (Å²) < 4.78 is 11.3. The van der Waals surface area contributed by atoms with Gasteiger partial charge in [0.25, 0.3) is 5.56 Å². The van der Waals surface area contributed by atoms with E-state index in [0.29, 0.717) is 33.8 Å². The van der Waals surface area contributed by atoms with E-state index in [1.807, 2.05) is 36.4 Å². The molecule has 154 valence electrons. The molecule has 7 nitrogen and oxygen atoms in total. The van der Waals surface area contributed by atoms with Gasteiger partial charge in [0.2, 0.25) is 0 Å². The Labute approximate surface area is 182 Å². The first-order valence-corrected chi connectivity index (χ1v) is 9.87. The van der Waals surface area contributed by atoms with Crippen LogP contribution in [0.25, 0.3) is 33.4 Å². The third-order valence-electron chi connectivity index (χ3n) is 5.06. The number of H-pyrrole nitrogens is 1. The maximum Gasteiger partial charge on any atom is 0.288 e. The van der Waals surface area contributed by atoms with E-state index in [4.69, 9.17) is 9.26 Å². The van der Waals surface area contributed by atoms with Gasteiger partial charge in [-0.25, -0.2) is 4.98 Å². The second-order valence-electron chi connectivity index (χ2n) is 7.08. The molecule has 0 aliphatic heterocycles. The number of rotatable bonds is 5. The summed E-state index contributed by atoms with van der Waals surface area (Å²) in [6.07, 6.45) is 3.20. The average Bonchev–Trinajstić information content (AvgIpc) is 3.24. The molecule has 0 fully saturated rings. The van der Waals surface area contributed by atoms with Crippen molar-refractivity contribution in [1.29, 1.82) is 5.26 Å². The van der Waals surface area contributed by atoms with Crippen molar-refractivity contribution in [2.45, 2.75) is 6.61 Å². The fourth-order valence-electron chi connectivity index (χ4n) is 3.51. The zero-order chi connectivity index (χ0) is 21.9. The Morgan fingerprint density at radius 3 is 2.69 bits per heavy atom. The highest BCUT2D eigenvalue weighted by Crippen LogP contribution is 2.32. The largest absolute Gasteiger partial charge is 0.486 e. The maximum absolute atomic E-state index is 12.3. The molecule has 0 atom stereocenters. The van der Waals surface area contributed by atoms with Gasteiger partial charge >= 0.3 is 0 Å². The van der Waals surface area contributed by atoms with Gasteiger partial charge in [-0.05, 0) is 48.0 Å². The molecule has 3 heterocycles. The highest BCUT2D eigenvalue weighted by atomic mass is 16.5. The summed E-state index contributed by atoms with van der Waals surface area (Å²) in [6, 6.07) is 22.4. The Bertz CT molecular complexity index is 1510. The molecule has 0 bridgehead atoms. The predicted octanol–water partition coefficient (Wildman–Crippen LogP) is 4.70. The minimum Gasteiger partial charge on any atom is -0.486 e. The van der Waals surface area contributed by atoms with Crippen molar-refractivity contribution in [1.82, 2.24) is 15.1 Å². The first-order chi connectivity index (χ1) is 15.7. The van der Waals surface area contributed by atoms with Crippen molar-refractivity contribution >= 4 is 10.9 Å². The van der Waals surface area contributed by atoms with Crippen LogP contribution in [0.1, 0.15) is 11.3 Å². The SMILES string of the molecule is N#Cc1cc(-c2o[nH]c(=O)c2-c2ccncc2)ccc1OCc1ccc2ccccc2n1. The van der Waals surface area contributed by atoms with E-state index in [1.165, 1.54) is 0 Å². The van der Waals surface area contributed by atoms with Gasteiger partial charge < -0.3 is 9.26 Å². The molecule has 2 aromatic carbocycles. The number of pyridine rings is 2. The summed E-state index contributed by atoms with van der Waals surface area (Å²) in [5.74, 6) is 0.773. The lowest BCUT2D eigenvalue weighted by atomic mass is 10.0. The highest BCUT2D eigenvalue weighted by molar-refractivity contribution is 5.80. The molecule has 0 radical (unpaired) electrons.